The Labute approximate surface area is 150 Å². The van der Waals surface area contributed by atoms with E-state index in [0.717, 1.165) is 47.9 Å². The normalized spacial score (nSPS) is 22.0. The van der Waals surface area contributed by atoms with Crippen molar-refractivity contribution in [3.63, 3.8) is 0 Å². The largest absolute Gasteiger partial charge is 0.394 e. The summed E-state index contributed by atoms with van der Waals surface area (Å²) in [5, 5.41) is 22.0. The molecule has 4 rings (SSSR count). The minimum Gasteiger partial charge on any atom is -0.394 e. The number of nitrogens with zero attached hydrogens (tertiary/aromatic N) is 4. The molecule has 138 valence electrons. The van der Waals surface area contributed by atoms with Crippen LogP contribution in [0, 0.1) is 5.92 Å². The summed E-state index contributed by atoms with van der Waals surface area (Å²) in [6.45, 7) is 0.423. The van der Waals surface area contributed by atoms with Crippen LogP contribution in [0.1, 0.15) is 37.3 Å². The van der Waals surface area contributed by atoms with Crippen LogP contribution in [-0.4, -0.2) is 55.0 Å². The van der Waals surface area contributed by atoms with Crippen molar-refractivity contribution in [1.29, 1.82) is 0 Å². The third-order valence-electron chi connectivity index (χ3n) is 5.41. The zero-order chi connectivity index (χ0) is 18.1. The van der Waals surface area contributed by atoms with Crippen molar-refractivity contribution in [3.05, 3.63) is 24.3 Å². The number of nitrogens with one attached hydrogen (secondary N) is 2. The molecule has 1 amide bonds. The number of hydrogen-bond acceptors (Lipinski definition) is 6. The van der Waals surface area contributed by atoms with E-state index in [4.69, 9.17) is 5.73 Å². The molecule has 26 heavy (non-hydrogen) atoms. The lowest BCUT2D eigenvalue weighted by molar-refractivity contribution is -0.120. The molecule has 1 fully saturated rings. The average Bonchev–Trinajstić information content (AvgIpc) is 3.28. The third kappa shape index (κ3) is 3.04. The van der Waals surface area contributed by atoms with Crippen molar-refractivity contribution < 1.29 is 9.90 Å². The van der Waals surface area contributed by atoms with Crippen molar-refractivity contribution in [1.82, 2.24) is 30.1 Å². The maximum Gasteiger partial charge on any atom is 0.236 e. The first kappa shape index (κ1) is 16.9. The highest BCUT2D eigenvalue weighted by molar-refractivity contribution is 5.92. The number of amides is 1. The van der Waals surface area contributed by atoms with E-state index in [1.807, 2.05) is 12.3 Å². The monoisotopic (exact) mass is 357 g/mol. The third-order valence-corrected chi connectivity index (χ3v) is 5.41. The Hall–Kier alpha value is -2.52. The topological polar surface area (TPSA) is 134 Å². The van der Waals surface area contributed by atoms with Crippen LogP contribution in [0.25, 0.3) is 16.6 Å². The summed E-state index contributed by atoms with van der Waals surface area (Å²) in [6.07, 6.45) is 7.70. The smallest absolute Gasteiger partial charge is 0.236 e. The second kappa shape index (κ2) is 7.00. The van der Waals surface area contributed by atoms with Gasteiger partial charge < -0.3 is 21.1 Å². The molecule has 0 bridgehead atoms. The predicted octanol–water partition coefficient (Wildman–Crippen LogP) is 0.315. The first-order valence-electron chi connectivity index (χ1n) is 8.98. The first-order chi connectivity index (χ1) is 12.7. The number of rotatable bonds is 6. The van der Waals surface area contributed by atoms with E-state index >= 15 is 0 Å². The number of aromatic nitrogens is 5. The van der Waals surface area contributed by atoms with E-state index in [9.17, 15) is 9.90 Å². The van der Waals surface area contributed by atoms with Gasteiger partial charge in [0.2, 0.25) is 5.91 Å². The summed E-state index contributed by atoms with van der Waals surface area (Å²) in [4.78, 5) is 18.7. The van der Waals surface area contributed by atoms with Gasteiger partial charge in [-0.25, -0.2) is 9.50 Å². The molecule has 9 nitrogen and oxygen atoms in total. The van der Waals surface area contributed by atoms with E-state index in [1.165, 1.54) is 0 Å². The van der Waals surface area contributed by atoms with Gasteiger partial charge in [0.05, 0.1) is 12.3 Å². The molecule has 3 heterocycles. The minimum atomic E-state index is -0.664. The van der Waals surface area contributed by atoms with Crippen molar-refractivity contribution >= 4 is 22.5 Å². The Kier molecular flexibility index (Phi) is 4.56. The summed E-state index contributed by atoms with van der Waals surface area (Å²) < 4.78 is 1.75. The molecule has 0 spiro atoms. The molecule has 3 aromatic rings. The molecule has 3 aromatic heterocycles. The number of carbonyl (C=O) groups is 1. The lowest BCUT2D eigenvalue weighted by Crippen LogP contribution is -2.46. The fraction of sp³-hybridized carbons (Fsp3) is 0.529. The van der Waals surface area contributed by atoms with Crippen LogP contribution in [0.4, 0.5) is 0 Å². The summed E-state index contributed by atoms with van der Waals surface area (Å²) in [7, 11) is 0. The zero-order valence-electron chi connectivity index (χ0n) is 14.4. The molecule has 5 N–H and O–H groups in total. The number of primary amides is 1. The Bertz CT molecular complexity index is 910. The maximum atomic E-state index is 11.2. The van der Waals surface area contributed by atoms with Crippen LogP contribution in [-0.2, 0) is 4.79 Å². The number of hydrogen-bond donors (Lipinski definition) is 4. The molecule has 1 aliphatic carbocycles. The molecular formula is C17H23N7O2. The molecule has 1 aliphatic rings. The van der Waals surface area contributed by atoms with Gasteiger partial charge in [-0.2, -0.15) is 0 Å². The Morgan fingerprint density at radius 1 is 1.42 bits per heavy atom. The van der Waals surface area contributed by atoms with E-state index in [1.54, 1.807) is 10.8 Å². The number of nitrogens with two attached hydrogens (primary N) is 1. The molecule has 1 saturated carbocycles. The number of aromatic amines is 1. The fourth-order valence-electron chi connectivity index (χ4n) is 3.90. The second-order valence-corrected chi connectivity index (χ2v) is 7.02. The van der Waals surface area contributed by atoms with Gasteiger partial charge in [0.15, 0.2) is 0 Å². The number of H-pyrrole nitrogens is 1. The van der Waals surface area contributed by atoms with Crippen LogP contribution in [0.5, 0.6) is 0 Å². The fourth-order valence-corrected chi connectivity index (χ4v) is 3.90. The second-order valence-electron chi connectivity index (χ2n) is 7.02. The molecule has 9 heteroatoms. The maximum absolute atomic E-state index is 11.2. The number of aliphatic hydroxyl groups is 1. The zero-order valence-corrected chi connectivity index (χ0v) is 14.4. The van der Waals surface area contributed by atoms with Crippen LogP contribution in [0.3, 0.4) is 0 Å². The van der Waals surface area contributed by atoms with E-state index in [0.29, 0.717) is 18.4 Å². The summed E-state index contributed by atoms with van der Waals surface area (Å²) in [6, 6.07) is 1.35. The van der Waals surface area contributed by atoms with Crippen LogP contribution < -0.4 is 11.1 Å². The highest BCUT2D eigenvalue weighted by Crippen LogP contribution is 2.37. The van der Waals surface area contributed by atoms with Gasteiger partial charge in [-0.05, 0) is 44.2 Å². The molecule has 0 saturated heterocycles. The molecule has 0 radical (unpaired) electrons. The van der Waals surface area contributed by atoms with Gasteiger partial charge in [0, 0.05) is 17.5 Å². The Morgan fingerprint density at radius 3 is 2.96 bits per heavy atom. The van der Waals surface area contributed by atoms with Gasteiger partial charge in [0.25, 0.3) is 0 Å². The highest BCUT2D eigenvalue weighted by atomic mass is 16.3. The van der Waals surface area contributed by atoms with E-state index in [2.05, 4.69) is 25.6 Å². The Balaban J connectivity index is 1.44. The standard InChI is InChI=1S/C17H23N7O2/c18-16(26)13(8-25)20-7-10-1-3-11(4-2-10)14-15-12-5-6-19-17(12)21-9-24(15)23-22-14/h5-6,9-11,13,19-20,25H,1-4,7-8H2,(H2,18,26)/t10-,11-,13-/m1/s1. The lowest BCUT2D eigenvalue weighted by Gasteiger charge is -2.28. The minimum absolute atomic E-state index is 0.266. The SMILES string of the molecule is NC(=O)[C@@H](CO)NC[C@H]1CC[C@H](c2nnn3cnc4[nH]ccc4c23)CC1. The number of aliphatic hydroxyl groups excluding tert-OH is 1. The van der Waals surface area contributed by atoms with E-state index < -0.39 is 11.9 Å². The quantitative estimate of drug-likeness (QED) is 0.502. The van der Waals surface area contributed by atoms with Gasteiger partial charge in [-0.1, -0.05) is 5.21 Å². The van der Waals surface area contributed by atoms with Crippen molar-refractivity contribution in [2.45, 2.75) is 37.6 Å². The number of carbonyl (C=O) groups excluding carboxylic acids is 1. The van der Waals surface area contributed by atoms with Gasteiger partial charge in [-0.15, -0.1) is 5.10 Å². The van der Waals surface area contributed by atoms with E-state index in [-0.39, 0.29) is 6.61 Å². The molecule has 1 atom stereocenters. The van der Waals surface area contributed by atoms with Gasteiger partial charge >= 0.3 is 0 Å². The van der Waals surface area contributed by atoms with Gasteiger partial charge in [-0.3, -0.25) is 4.79 Å². The van der Waals surface area contributed by atoms with Crippen LogP contribution in [0.2, 0.25) is 0 Å². The summed E-state index contributed by atoms with van der Waals surface area (Å²) >= 11 is 0. The Morgan fingerprint density at radius 2 is 2.23 bits per heavy atom. The van der Waals surface area contributed by atoms with Gasteiger partial charge in [0.1, 0.15) is 23.5 Å². The molecule has 0 aliphatic heterocycles. The van der Waals surface area contributed by atoms with Crippen LogP contribution >= 0.6 is 0 Å². The molecular weight excluding hydrogens is 334 g/mol. The summed E-state index contributed by atoms with van der Waals surface area (Å²) in [5.74, 6) is 0.324. The number of fused-ring (bicyclic) bond motifs is 3. The van der Waals surface area contributed by atoms with Crippen molar-refractivity contribution in [3.8, 4) is 0 Å². The summed E-state index contributed by atoms with van der Waals surface area (Å²) in [5.41, 5.74) is 8.17. The van der Waals surface area contributed by atoms with Crippen molar-refractivity contribution in [2.75, 3.05) is 13.2 Å². The predicted molar refractivity (Wildman–Crippen MR) is 95.4 cm³/mol. The first-order valence-corrected chi connectivity index (χ1v) is 8.98. The lowest BCUT2D eigenvalue weighted by atomic mass is 9.80. The highest BCUT2D eigenvalue weighted by Gasteiger charge is 2.27. The molecule has 0 unspecified atom stereocenters. The van der Waals surface area contributed by atoms with Crippen molar-refractivity contribution in [2.24, 2.45) is 11.7 Å². The molecule has 0 aromatic carbocycles. The average molecular weight is 357 g/mol. The van der Waals surface area contributed by atoms with Crippen LogP contribution in [0.15, 0.2) is 18.6 Å².